The maximum Gasteiger partial charge on any atom is 0.274 e. The molecule has 1 amide bonds. The number of aryl methyl sites for hydroxylation is 3. The van der Waals surface area contributed by atoms with E-state index in [4.69, 9.17) is 0 Å². The predicted molar refractivity (Wildman–Crippen MR) is 100 cm³/mol. The molecule has 0 bridgehead atoms. The van der Waals surface area contributed by atoms with E-state index in [0.29, 0.717) is 11.6 Å². The van der Waals surface area contributed by atoms with Crippen LogP contribution in [0.15, 0.2) is 54.7 Å². The van der Waals surface area contributed by atoms with Crippen molar-refractivity contribution in [2.24, 2.45) is 0 Å². The second-order valence-corrected chi connectivity index (χ2v) is 6.04. The van der Waals surface area contributed by atoms with Crippen molar-refractivity contribution >= 4 is 23.2 Å². The summed E-state index contributed by atoms with van der Waals surface area (Å²) < 4.78 is 0. The van der Waals surface area contributed by atoms with Gasteiger partial charge < -0.3 is 10.6 Å². The number of nitrogens with one attached hydrogen (secondary N) is 2. The van der Waals surface area contributed by atoms with Crippen LogP contribution < -0.4 is 10.6 Å². The zero-order chi connectivity index (χ0) is 17.8. The van der Waals surface area contributed by atoms with Gasteiger partial charge in [0.2, 0.25) is 5.95 Å². The van der Waals surface area contributed by atoms with Gasteiger partial charge in [-0.3, -0.25) is 4.79 Å². The molecule has 0 aliphatic rings. The summed E-state index contributed by atoms with van der Waals surface area (Å²) in [6.45, 7) is 6.01. The summed E-state index contributed by atoms with van der Waals surface area (Å²) in [6, 6.07) is 15.3. The first-order valence-corrected chi connectivity index (χ1v) is 8.06. The van der Waals surface area contributed by atoms with E-state index >= 15 is 0 Å². The molecule has 3 rings (SSSR count). The number of hydrogen-bond acceptors (Lipinski definition) is 4. The summed E-state index contributed by atoms with van der Waals surface area (Å²) >= 11 is 0. The van der Waals surface area contributed by atoms with Crippen molar-refractivity contribution in [3.05, 3.63) is 77.1 Å². The fourth-order valence-corrected chi connectivity index (χ4v) is 2.62. The molecule has 0 unspecified atom stereocenters. The summed E-state index contributed by atoms with van der Waals surface area (Å²) in [5.41, 5.74) is 5.28. The quantitative estimate of drug-likeness (QED) is 0.743. The number of carbonyl (C=O) groups is 1. The molecule has 2 aromatic carbocycles. The molecule has 0 saturated carbocycles. The highest BCUT2D eigenvalue weighted by molar-refractivity contribution is 6.03. The molecule has 5 nitrogen and oxygen atoms in total. The Labute approximate surface area is 147 Å². The van der Waals surface area contributed by atoms with E-state index in [1.807, 2.05) is 57.2 Å². The Morgan fingerprint density at radius 3 is 2.40 bits per heavy atom. The van der Waals surface area contributed by atoms with Crippen molar-refractivity contribution in [3.8, 4) is 0 Å². The van der Waals surface area contributed by atoms with Crippen molar-refractivity contribution < 1.29 is 4.79 Å². The molecule has 25 heavy (non-hydrogen) atoms. The second-order valence-electron chi connectivity index (χ2n) is 6.04. The fourth-order valence-electron chi connectivity index (χ4n) is 2.62. The molecule has 0 fully saturated rings. The zero-order valence-corrected chi connectivity index (χ0v) is 14.5. The summed E-state index contributed by atoms with van der Waals surface area (Å²) in [6.07, 6.45) is 1.57. The number of benzene rings is 2. The molecule has 0 saturated heterocycles. The van der Waals surface area contributed by atoms with Crippen LogP contribution in [0.2, 0.25) is 0 Å². The highest BCUT2D eigenvalue weighted by atomic mass is 16.1. The monoisotopic (exact) mass is 332 g/mol. The molecule has 0 atom stereocenters. The highest BCUT2D eigenvalue weighted by Crippen LogP contribution is 2.18. The molecule has 0 aliphatic carbocycles. The van der Waals surface area contributed by atoms with Gasteiger partial charge in [-0.25, -0.2) is 9.97 Å². The maximum absolute atomic E-state index is 12.5. The number of hydrogen-bond donors (Lipinski definition) is 2. The van der Waals surface area contributed by atoms with Gasteiger partial charge in [-0.2, -0.15) is 0 Å². The normalized spacial score (nSPS) is 10.4. The van der Waals surface area contributed by atoms with Crippen LogP contribution in [0.3, 0.4) is 0 Å². The molecular weight excluding hydrogens is 312 g/mol. The number of rotatable bonds is 4. The molecule has 0 spiro atoms. The van der Waals surface area contributed by atoms with Crippen molar-refractivity contribution in [3.63, 3.8) is 0 Å². The van der Waals surface area contributed by atoms with E-state index in [1.165, 1.54) is 0 Å². The molecule has 3 aromatic rings. The minimum absolute atomic E-state index is 0.264. The lowest BCUT2D eigenvalue weighted by Crippen LogP contribution is -2.15. The largest absolute Gasteiger partial charge is 0.324 e. The first-order chi connectivity index (χ1) is 12.0. The van der Waals surface area contributed by atoms with Crippen LogP contribution in [0.4, 0.5) is 17.3 Å². The van der Waals surface area contributed by atoms with Gasteiger partial charge in [-0.05, 0) is 61.7 Å². The molecule has 0 radical (unpaired) electrons. The van der Waals surface area contributed by atoms with Gasteiger partial charge in [0.05, 0.1) is 0 Å². The Kier molecular flexibility index (Phi) is 4.75. The highest BCUT2D eigenvalue weighted by Gasteiger charge is 2.10. The third kappa shape index (κ3) is 4.20. The average Bonchev–Trinajstić information content (AvgIpc) is 2.56. The Morgan fingerprint density at radius 1 is 0.960 bits per heavy atom. The first-order valence-electron chi connectivity index (χ1n) is 8.06. The SMILES string of the molecule is Cc1cc(C)cc(Nc2nccc(C(=O)Nc3ccccc3C)n2)c1. The number of aromatic nitrogens is 2. The van der Waals surface area contributed by atoms with E-state index < -0.39 is 0 Å². The lowest BCUT2D eigenvalue weighted by atomic mass is 10.1. The standard InChI is InChI=1S/C20H20N4O/c1-13-10-14(2)12-16(11-13)22-20-21-9-8-18(24-20)19(25)23-17-7-5-4-6-15(17)3/h4-12H,1-3H3,(H,23,25)(H,21,22,24). The summed E-state index contributed by atoms with van der Waals surface area (Å²) in [7, 11) is 0. The smallest absolute Gasteiger partial charge is 0.274 e. The summed E-state index contributed by atoms with van der Waals surface area (Å²) in [5.74, 6) is 0.127. The lowest BCUT2D eigenvalue weighted by molar-refractivity contribution is 0.102. The minimum atomic E-state index is -0.264. The van der Waals surface area contributed by atoms with E-state index in [-0.39, 0.29) is 5.91 Å². The van der Waals surface area contributed by atoms with Gasteiger partial charge in [-0.15, -0.1) is 0 Å². The number of anilines is 3. The molecule has 2 N–H and O–H groups in total. The molecule has 5 heteroatoms. The van der Waals surface area contributed by atoms with E-state index in [0.717, 1.165) is 28.1 Å². The first kappa shape index (κ1) is 16.6. The number of amides is 1. The van der Waals surface area contributed by atoms with Crippen LogP contribution in [0, 0.1) is 20.8 Å². The van der Waals surface area contributed by atoms with Crippen LogP contribution in [-0.2, 0) is 0 Å². The van der Waals surface area contributed by atoms with Crippen LogP contribution in [0.25, 0.3) is 0 Å². The van der Waals surface area contributed by atoms with Gasteiger partial charge >= 0.3 is 0 Å². The Hall–Kier alpha value is -3.21. The Bertz CT molecular complexity index is 901. The second kappa shape index (κ2) is 7.13. The molecule has 1 heterocycles. The summed E-state index contributed by atoms with van der Waals surface area (Å²) in [4.78, 5) is 21.0. The number of para-hydroxylation sites is 1. The third-order valence-corrected chi connectivity index (χ3v) is 3.76. The van der Waals surface area contributed by atoms with Crippen molar-refractivity contribution in [2.75, 3.05) is 10.6 Å². The van der Waals surface area contributed by atoms with E-state index in [9.17, 15) is 4.79 Å². The van der Waals surface area contributed by atoms with Crippen LogP contribution in [0.5, 0.6) is 0 Å². The van der Waals surface area contributed by atoms with Crippen LogP contribution in [-0.4, -0.2) is 15.9 Å². The number of nitrogens with zero attached hydrogens (tertiary/aromatic N) is 2. The predicted octanol–water partition coefficient (Wildman–Crippen LogP) is 4.40. The Balaban J connectivity index is 1.79. The molecule has 1 aromatic heterocycles. The van der Waals surface area contributed by atoms with Crippen LogP contribution in [0.1, 0.15) is 27.2 Å². The minimum Gasteiger partial charge on any atom is -0.324 e. The van der Waals surface area contributed by atoms with Gasteiger partial charge in [0, 0.05) is 17.6 Å². The van der Waals surface area contributed by atoms with Gasteiger partial charge in [0.15, 0.2) is 0 Å². The lowest BCUT2D eigenvalue weighted by Gasteiger charge is -2.10. The molecule has 126 valence electrons. The van der Waals surface area contributed by atoms with E-state index in [2.05, 4.69) is 26.7 Å². The van der Waals surface area contributed by atoms with Gasteiger partial charge in [0.1, 0.15) is 5.69 Å². The fraction of sp³-hybridized carbons (Fsp3) is 0.150. The third-order valence-electron chi connectivity index (χ3n) is 3.76. The summed E-state index contributed by atoms with van der Waals surface area (Å²) in [5, 5.41) is 6.03. The van der Waals surface area contributed by atoms with Crippen molar-refractivity contribution in [1.82, 2.24) is 9.97 Å². The average molecular weight is 332 g/mol. The maximum atomic E-state index is 12.5. The molecular formula is C20H20N4O. The Morgan fingerprint density at radius 2 is 1.68 bits per heavy atom. The van der Waals surface area contributed by atoms with Crippen LogP contribution >= 0.6 is 0 Å². The van der Waals surface area contributed by atoms with Gasteiger partial charge in [-0.1, -0.05) is 24.3 Å². The van der Waals surface area contributed by atoms with Crippen molar-refractivity contribution in [1.29, 1.82) is 0 Å². The molecule has 0 aliphatic heterocycles. The van der Waals surface area contributed by atoms with Gasteiger partial charge in [0.25, 0.3) is 5.91 Å². The topological polar surface area (TPSA) is 66.9 Å². The number of carbonyl (C=O) groups excluding carboxylic acids is 1. The van der Waals surface area contributed by atoms with E-state index in [1.54, 1.807) is 12.3 Å². The zero-order valence-electron chi connectivity index (χ0n) is 14.5. The van der Waals surface area contributed by atoms with Crippen molar-refractivity contribution in [2.45, 2.75) is 20.8 Å².